The average Bonchev–Trinajstić information content (AvgIpc) is 3.28. The van der Waals surface area contributed by atoms with Gasteiger partial charge in [0.2, 0.25) is 0 Å². The second-order valence-electron chi connectivity index (χ2n) is 6.09. The molecule has 114 valence electrons. The van der Waals surface area contributed by atoms with Crippen molar-refractivity contribution in [1.82, 2.24) is 4.90 Å². The van der Waals surface area contributed by atoms with Crippen LogP contribution in [0.4, 0.5) is 0 Å². The van der Waals surface area contributed by atoms with Crippen LogP contribution in [-0.4, -0.2) is 31.1 Å². The minimum absolute atomic E-state index is 0.392. The lowest BCUT2D eigenvalue weighted by Gasteiger charge is -2.25. The fourth-order valence-corrected chi connectivity index (χ4v) is 2.60. The van der Waals surface area contributed by atoms with Gasteiger partial charge >= 0.3 is 0 Å². The molecule has 1 fully saturated rings. The van der Waals surface area contributed by atoms with Crippen molar-refractivity contribution in [3.63, 3.8) is 0 Å². The third-order valence-corrected chi connectivity index (χ3v) is 3.65. The predicted octanol–water partition coefficient (Wildman–Crippen LogP) is 2.63. The summed E-state index contributed by atoms with van der Waals surface area (Å²) < 4.78 is 5.51. The summed E-state index contributed by atoms with van der Waals surface area (Å²) in [5.74, 6) is 7.64. The van der Waals surface area contributed by atoms with Gasteiger partial charge in [0, 0.05) is 30.3 Å². The molecule has 1 aromatic carbocycles. The van der Waals surface area contributed by atoms with Crippen LogP contribution in [0.2, 0.25) is 0 Å². The monoisotopic (exact) mass is 286 g/mol. The van der Waals surface area contributed by atoms with Crippen LogP contribution in [0.1, 0.15) is 37.8 Å². The lowest BCUT2D eigenvalue weighted by Crippen LogP contribution is -2.29. The Hall–Kier alpha value is -1.50. The van der Waals surface area contributed by atoms with Crippen molar-refractivity contribution in [2.75, 3.05) is 20.2 Å². The highest BCUT2D eigenvalue weighted by molar-refractivity contribution is 5.44. The second kappa shape index (κ2) is 7.49. The Labute approximate surface area is 128 Å². The highest BCUT2D eigenvalue weighted by atomic mass is 16.5. The van der Waals surface area contributed by atoms with E-state index in [0.717, 1.165) is 30.4 Å². The van der Waals surface area contributed by atoms with Gasteiger partial charge in [0.15, 0.2) is 0 Å². The van der Waals surface area contributed by atoms with Crippen LogP contribution < -0.4 is 10.5 Å². The molecule has 3 heteroatoms. The van der Waals surface area contributed by atoms with Gasteiger partial charge in [-0.3, -0.25) is 4.90 Å². The number of rotatable bonds is 6. The summed E-state index contributed by atoms with van der Waals surface area (Å²) in [7, 11) is 1.73. The van der Waals surface area contributed by atoms with Crippen molar-refractivity contribution in [3.05, 3.63) is 29.3 Å². The van der Waals surface area contributed by atoms with Gasteiger partial charge in [-0.25, -0.2) is 0 Å². The molecule has 3 nitrogen and oxygen atoms in total. The summed E-state index contributed by atoms with van der Waals surface area (Å²) in [5, 5.41) is 0. The molecule has 0 radical (unpaired) electrons. The fraction of sp³-hybridized carbons (Fsp3) is 0.556. The fourth-order valence-electron chi connectivity index (χ4n) is 2.60. The Morgan fingerprint density at radius 2 is 2.14 bits per heavy atom. The summed E-state index contributed by atoms with van der Waals surface area (Å²) in [6, 6.07) is 6.89. The first-order valence-electron chi connectivity index (χ1n) is 7.74. The first kappa shape index (κ1) is 15.9. The maximum absolute atomic E-state index is 5.51. The quantitative estimate of drug-likeness (QED) is 0.817. The lowest BCUT2D eigenvalue weighted by molar-refractivity contribution is 0.223. The molecule has 0 amide bonds. The molecule has 0 heterocycles. The molecule has 0 bridgehead atoms. The SMILES string of the molecule is COc1ccc(C#CCN)cc1CN(CC(C)C)C1CC1. The summed E-state index contributed by atoms with van der Waals surface area (Å²) in [6.07, 6.45) is 2.64. The molecule has 21 heavy (non-hydrogen) atoms. The number of nitrogens with zero attached hydrogens (tertiary/aromatic N) is 1. The van der Waals surface area contributed by atoms with Gasteiger partial charge < -0.3 is 10.5 Å². The van der Waals surface area contributed by atoms with E-state index in [2.05, 4.69) is 36.7 Å². The highest BCUT2D eigenvalue weighted by Crippen LogP contribution is 2.31. The van der Waals surface area contributed by atoms with Crippen LogP contribution in [0, 0.1) is 17.8 Å². The molecular formula is C18H26N2O. The van der Waals surface area contributed by atoms with E-state index in [1.165, 1.54) is 18.4 Å². The molecule has 0 atom stereocenters. The molecule has 0 unspecified atom stereocenters. The molecule has 1 aliphatic carbocycles. The van der Waals surface area contributed by atoms with E-state index < -0.39 is 0 Å². The molecular weight excluding hydrogens is 260 g/mol. The van der Waals surface area contributed by atoms with Crippen LogP contribution in [0.25, 0.3) is 0 Å². The van der Waals surface area contributed by atoms with Crippen LogP contribution in [0.15, 0.2) is 18.2 Å². The van der Waals surface area contributed by atoms with E-state index in [9.17, 15) is 0 Å². The van der Waals surface area contributed by atoms with E-state index in [-0.39, 0.29) is 0 Å². The van der Waals surface area contributed by atoms with Crippen molar-refractivity contribution in [2.45, 2.75) is 39.3 Å². The molecule has 1 aromatic rings. The van der Waals surface area contributed by atoms with Crippen LogP contribution in [-0.2, 0) is 6.54 Å². The summed E-state index contributed by atoms with van der Waals surface area (Å²) in [6.45, 7) is 7.01. The van der Waals surface area contributed by atoms with Crippen molar-refractivity contribution in [3.8, 4) is 17.6 Å². The number of nitrogens with two attached hydrogens (primary N) is 1. The third kappa shape index (κ3) is 4.77. The smallest absolute Gasteiger partial charge is 0.123 e. The molecule has 0 aliphatic heterocycles. The Bertz CT molecular complexity index is 524. The Morgan fingerprint density at radius 3 is 2.71 bits per heavy atom. The Kier molecular flexibility index (Phi) is 5.67. The molecule has 1 aliphatic rings. The van der Waals surface area contributed by atoms with E-state index in [1.54, 1.807) is 7.11 Å². The standard InChI is InChI=1S/C18H26N2O/c1-14(2)12-20(17-7-8-17)13-16-11-15(5-4-10-19)6-9-18(16)21-3/h6,9,11,14,17H,7-8,10,12-13,19H2,1-3H3. The number of hydrogen-bond donors (Lipinski definition) is 1. The summed E-state index contributed by atoms with van der Waals surface area (Å²) >= 11 is 0. The van der Waals surface area contributed by atoms with E-state index in [1.807, 2.05) is 12.1 Å². The van der Waals surface area contributed by atoms with Crippen molar-refractivity contribution in [2.24, 2.45) is 11.7 Å². The first-order valence-corrected chi connectivity index (χ1v) is 7.74. The van der Waals surface area contributed by atoms with Crippen molar-refractivity contribution < 1.29 is 4.74 Å². The maximum atomic E-state index is 5.51. The third-order valence-electron chi connectivity index (χ3n) is 3.65. The number of methoxy groups -OCH3 is 1. The molecule has 0 aromatic heterocycles. The van der Waals surface area contributed by atoms with E-state index in [0.29, 0.717) is 12.5 Å². The molecule has 0 saturated heterocycles. The molecule has 2 N–H and O–H groups in total. The van der Waals surface area contributed by atoms with Gasteiger partial charge in [0.05, 0.1) is 13.7 Å². The van der Waals surface area contributed by atoms with Gasteiger partial charge in [-0.2, -0.15) is 0 Å². The summed E-state index contributed by atoms with van der Waals surface area (Å²) in [5.41, 5.74) is 7.67. The summed E-state index contributed by atoms with van der Waals surface area (Å²) in [4.78, 5) is 2.57. The number of ether oxygens (including phenoxy) is 1. The minimum atomic E-state index is 0.392. The van der Waals surface area contributed by atoms with Crippen molar-refractivity contribution >= 4 is 0 Å². The minimum Gasteiger partial charge on any atom is -0.496 e. The normalized spacial score (nSPS) is 14.2. The van der Waals surface area contributed by atoms with Gasteiger partial charge in [-0.15, -0.1) is 0 Å². The largest absolute Gasteiger partial charge is 0.496 e. The van der Waals surface area contributed by atoms with Gasteiger partial charge in [-0.1, -0.05) is 25.7 Å². The maximum Gasteiger partial charge on any atom is 0.123 e. The van der Waals surface area contributed by atoms with Crippen LogP contribution in [0.5, 0.6) is 5.75 Å². The van der Waals surface area contributed by atoms with E-state index in [4.69, 9.17) is 10.5 Å². The van der Waals surface area contributed by atoms with Crippen molar-refractivity contribution in [1.29, 1.82) is 0 Å². The molecule has 0 spiro atoms. The van der Waals surface area contributed by atoms with E-state index >= 15 is 0 Å². The highest BCUT2D eigenvalue weighted by Gasteiger charge is 2.29. The lowest BCUT2D eigenvalue weighted by atomic mass is 10.1. The molecule has 2 rings (SSSR count). The Balaban J connectivity index is 2.18. The molecule has 1 saturated carbocycles. The Morgan fingerprint density at radius 1 is 1.38 bits per heavy atom. The van der Waals surface area contributed by atoms with Gasteiger partial charge in [0.25, 0.3) is 0 Å². The number of benzene rings is 1. The topological polar surface area (TPSA) is 38.5 Å². The van der Waals surface area contributed by atoms with Gasteiger partial charge in [-0.05, 0) is 37.0 Å². The van der Waals surface area contributed by atoms with Gasteiger partial charge in [0.1, 0.15) is 5.75 Å². The number of hydrogen-bond acceptors (Lipinski definition) is 3. The predicted molar refractivity (Wildman–Crippen MR) is 87.2 cm³/mol. The second-order valence-corrected chi connectivity index (χ2v) is 6.09. The zero-order chi connectivity index (χ0) is 15.2. The average molecular weight is 286 g/mol. The first-order chi connectivity index (χ1) is 10.1. The van der Waals surface area contributed by atoms with Crippen LogP contribution >= 0.6 is 0 Å². The zero-order valence-corrected chi connectivity index (χ0v) is 13.4. The van der Waals surface area contributed by atoms with Crippen LogP contribution in [0.3, 0.4) is 0 Å². The zero-order valence-electron chi connectivity index (χ0n) is 13.4.